The van der Waals surface area contributed by atoms with Gasteiger partial charge in [0.2, 0.25) is 0 Å². The lowest BCUT2D eigenvalue weighted by Crippen LogP contribution is -2.45. The van der Waals surface area contributed by atoms with Gasteiger partial charge >= 0.3 is 0 Å². The largest absolute Gasteiger partial charge is 0.0845 e. The van der Waals surface area contributed by atoms with E-state index in [9.17, 15) is 0 Å². The lowest BCUT2D eigenvalue weighted by atomic mass is 9.51. The first-order valence-electron chi connectivity index (χ1n) is 8.48. The molecule has 0 radical (unpaired) electrons. The minimum absolute atomic E-state index is 0.620. The summed E-state index contributed by atoms with van der Waals surface area (Å²) in [7, 11) is 0. The lowest BCUT2D eigenvalue weighted by Gasteiger charge is -2.54. The molecule has 0 N–H and O–H groups in total. The molecule has 100 valence electrons. The highest BCUT2D eigenvalue weighted by Crippen LogP contribution is 2.61. The molecule has 0 aromatic carbocycles. The summed E-state index contributed by atoms with van der Waals surface area (Å²) in [6, 6.07) is 0. The average molecular weight is 244 g/mol. The molecule has 5 atom stereocenters. The van der Waals surface area contributed by atoms with Crippen LogP contribution in [-0.4, -0.2) is 0 Å². The molecule has 0 nitrogen and oxygen atoms in total. The van der Waals surface area contributed by atoms with Gasteiger partial charge in [0, 0.05) is 0 Å². The Hall–Kier alpha value is -0.260. The lowest BCUT2D eigenvalue weighted by molar-refractivity contribution is 0.0141. The zero-order chi connectivity index (χ0) is 12.2. The molecular weight excluding hydrogens is 216 g/mol. The van der Waals surface area contributed by atoms with Gasteiger partial charge in [-0.1, -0.05) is 37.8 Å². The normalized spacial score (nSPS) is 51.1. The average Bonchev–Trinajstić information content (AvgIpc) is 2.86. The van der Waals surface area contributed by atoms with E-state index in [0.717, 1.165) is 23.7 Å². The Morgan fingerprint density at radius 1 is 1.00 bits per heavy atom. The quantitative estimate of drug-likeness (QED) is 0.505. The zero-order valence-electron chi connectivity index (χ0n) is 12.0. The molecule has 4 unspecified atom stereocenters. The van der Waals surface area contributed by atoms with Crippen LogP contribution in [0, 0.1) is 29.1 Å². The molecule has 0 aliphatic heterocycles. The first-order chi connectivity index (χ1) is 8.79. The number of hydrogen-bond donors (Lipinski definition) is 0. The Morgan fingerprint density at radius 2 is 1.94 bits per heavy atom. The van der Waals surface area contributed by atoms with E-state index >= 15 is 0 Å². The van der Waals surface area contributed by atoms with Gasteiger partial charge in [0.15, 0.2) is 0 Å². The molecule has 3 saturated carbocycles. The van der Waals surface area contributed by atoms with Crippen molar-refractivity contribution in [1.82, 2.24) is 0 Å². The summed E-state index contributed by atoms with van der Waals surface area (Å²) in [6.07, 6.45) is 17.8. The van der Waals surface area contributed by atoms with Gasteiger partial charge in [0.1, 0.15) is 0 Å². The number of fused-ring (bicyclic) bond motifs is 5. The fraction of sp³-hybridized carbons (Fsp3) is 0.889. The van der Waals surface area contributed by atoms with Crippen LogP contribution >= 0.6 is 0 Å². The summed E-state index contributed by atoms with van der Waals surface area (Å²) in [5, 5.41) is 0. The van der Waals surface area contributed by atoms with Crippen LogP contribution in [0.3, 0.4) is 0 Å². The zero-order valence-corrected chi connectivity index (χ0v) is 12.0. The predicted molar refractivity (Wildman–Crippen MR) is 76.3 cm³/mol. The maximum atomic E-state index is 2.70. The monoisotopic (exact) mass is 244 g/mol. The van der Waals surface area contributed by atoms with Gasteiger partial charge in [-0.3, -0.25) is 0 Å². The van der Waals surface area contributed by atoms with Crippen molar-refractivity contribution in [2.24, 2.45) is 29.1 Å². The summed E-state index contributed by atoms with van der Waals surface area (Å²) in [6.45, 7) is 2.63. The highest BCUT2D eigenvalue weighted by atomic mass is 14.6. The summed E-state index contributed by atoms with van der Waals surface area (Å²) in [4.78, 5) is 0. The van der Waals surface area contributed by atoms with Gasteiger partial charge in [0.05, 0.1) is 0 Å². The Balaban J connectivity index is 1.68. The number of allylic oxidation sites excluding steroid dienone is 2. The number of hydrogen-bond acceptors (Lipinski definition) is 0. The Kier molecular flexibility index (Phi) is 2.64. The van der Waals surface area contributed by atoms with Crippen LogP contribution in [0.1, 0.15) is 71.1 Å². The van der Waals surface area contributed by atoms with Gasteiger partial charge in [-0.15, -0.1) is 0 Å². The fourth-order valence-electron chi connectivity index (χ4n) is 6.31. The van der Waals surface area contributed by atoms with Gasteiger partial charge in [0.25, 0.3) is 0 Å². The van der Waals surface area contributed by atoms with Crippen LogP contribution in [0.2, 0.25) is 0 Å². The van der Waals surface area contributed by atoms with Gasteiger partial charge in [-0.2, -0.15) is 0 Å². The second kappa shape index (κ2) is 4.12. The van der Waals surface area contributed by atoms with Crippen molar-refractivity contribution in [1.29, 1.82) is 0 Å². The van der Waals surface area contributed by atoms with Crippen LogP contribution < -0.4 is 0 Å². The molecule has 4 rings (SSSR count). The van der Waals surface area contributed by atoms with Gasteiger partial charge < -0.3 is 0 Å². The first-order valence-corrected chi connectivity index (χ1v) is 8.48. The van der Waals surface area contributed by atoms with Crippen molar-refractivity contribution in [3.63, 3.8) is 0 Å². The molecule has 0 heteroatoms. The van der Waals surface area contributed by atoms with Crippen LogP contribution in [-0.2, 0) is 0 Å². The maximum absolute atomic E-state index is 2.70. The molecule has 4 aliphatic carbocycles. The minimum Gasteiger partial charge on any atom is -0.0845 e. The van der Waals surface area contributed by atoms with Gasteiger partial charge in [-0.25, -0.2) is 0 Å². The molecule has 0 aromatic heterocycles. The molecule has 4 aliphatic rings. The highest BCUT2D eigenvalue weighted by molar-refractivity contribution is 5.23. The van der Waals surface area contributed by atoms with E-state index in [4.69, 9.17) is 0 Å². The number of rotatable bonds is 0. The van der Waals surface area contributed by atoms with Crippen molar-refractivity contribution in [2.75, 3.05) is 0 Å². The fourth-order valence-corrected chi connectivity index (χ4v) is 6.31. The smallest absolute Gasteiger partial charge is 0.00853 e. The second-order valence-corrected chi connectivity index (χ2v) is 7.79. The molecule has 3 fully saturated rings. The molecule has 0 saturated heterocycles. The van der Waals surface area contributed by atoms with E-state index < -0.39 is 0 Å². The molecule has 18 heavy (non-hydrogen) atoms. The molecule has 0 aromatic rings. The van der Waals surface area contributed by atoms with E-state index in [-0.39, 0.29) is 0 Å². The van der Waals surface area contributed by atoms with E-state index in [1.165, 1.54) is 38.5 Å². The Labute approximate surface area is 112 Å². The Morgan fingerprint density at radius 3 is 2.89 bits per heavy atom. The third-order valence-electron chi connectivity index (χ3n) is 7.21. The topological polar surface area (TPSA) is 0 Å². The van der Waals surface area contributed by atoms with Gasteiger partial charge in [-0.05, 0) is 74.0 Å². The summed E-state index contributed by atoms with van der Waals surface area (Å²) in [5.41, 5.74) is 2.49. The van der Waals surface area contributed by atoms with E-state index in [1.54, 1.807) is 25.7 Å². The van der Waals surface area contributed by atoms with E-state index in [0.29, 0.717) is 5.41 Å². The summed E-state index contributed by atoms with van der Waals surface area (Å²) < 4.78 is 0. The minimum atomic E-state index is 0.620. The van der Waals surface area contributed by atoms with Crippen LogP contribution in [0.4, 0.5) is 0 Å². The second-order valence-electron chi connectivity index (χ2n) is 7.79. The SMILES string of the molecule is C[C@]12CCCCC1=CCC1C3CCCC3CCC12. The van der Waals surface area contributed by atoms with E-state index in [2.05, 4.69) is 13.0 Å². The Bertz CT molecular complexity index is 366. The predicted octanol–water partition coefficient (Wildman–Crippen LogP) is 5.34. The third-order valence-corrected chi connectivity index (χ3v) is 7.21. The van der Waals surface area contributed by atoms with Crippen molar-refractivity contribution in [2.45, 2.75) is 71.1 Å². The van der Waals surface area contributed by atoms with Crippen LogP contribution in [0.5, 0.6) is 0 Å². The summed E-state index contributed by atoms with van der Waals surface area (Å²) in [5.74, 6) is 4.35. The van der Waals surface area contributed by atoms with Crippen molar-refractivity contribution in [3.8, 4) is 0 Å². The van der Waals surface area contributed by atoms with Crippen molar-refractivity contribution >= 4 is 0 Å². The van der Waals surface area contributed by atoms with Crippen LogP contribution in [0.25, 0.3) is 0 Å². The van der Waals surface area contributed by atoms with Crippen molar-refractivity contribution in [3.05, 3.63) is 11.6 Å². The molecule has 0 heterocycles. The molecule has 0 bridgehead atoms. The standard InChI is InChI=1S/C18H28/c1-18-12-3-2-6-14(18)9-10-16-15-7-4-5-13(15)8-11-17(16)18/h9,13,15-17H,2-8,10-12H2,1H3/t13?,15?,16?,17?,18-/m0/s1. The van der Waals surface area contributed by atoms with Crippen LogP contribution in [0.15, 0.2) is 11.6 Å². The summed E-state index contributed by atoms with van der Waals surface area (Å²) >= 11 is 0. The molecular formula is C18H28. The maximum Gasteiger partial charge on any atom is -0.00853 e. The van der Waals surface area contributed by atoms with E-state index in [1.807, 2.05) is 5.57 Å². The highest BCUT2D eigenvalue weighted by Gasteiger charge is 2.51. The molecule has 0 amide bonds. The molecule has 0 spiro atoms. The first kappa shape index (κ1) is 11.6. The van der Waals surface area contributed by atoms with Crippen molar-refractivity contribution < 1.29 is 0 Å². The third kappa shape index (κ3) is 1.50.